The van der Waals surface area contributed by atoms with Crippen LogP contribution in [0.3, 0.4) is 0 Å². The van der Waals surface area contributed by atoms with Crippen molar-refractivity contribution in [3.8, 4) is 0 Å². The number of aryl methyl sites for hydroxylation is 1. The average Bonchev–Trinajstić information content (AvgIpc) is 2.55. The molecule has 1 heterocycles. The molecule has 1 N–H and O–H groups in total. The highest BCUT2D eigenvalue weighted by molar-refractivity contribution is 7.09. The van der Waals surface area contributed by atoms with E-state index in [9.17, 15) is 0 Å². The minimum atomic E-state index is 0.182. The van der Waals surface area contributed by atoms with Gasteiger partial charge in [0.2, 0.25) is 0 Å². The van der Waals surface area contributed by atoms with E-state index in [0.29, 0.717) is 11.3 Å². The second-order valence-electron chi connectivity index (χ2n) is 7.26. The van der Waals surface area contributed by atoms with E-state index in [0.717, 1.165) is 13.0 Å². The fraction of sp³-hybridized carbons (Fsp3) is 0.800. The molecule has 0 aromatic carbocycles. The van der Waals surface area contributed by atoms with E-state index in [1.807, 2.05) is 0 Å². The maximum Gasteiger partial charge on any atom is 0.0897 e. The maximum absolute atomic E-state index is 4.60. The van der Waals surface area contributed by atoms with Crippen molar-refractivity contribution in [2.24, 2.45) is 11.3 Å². The quantitative estimate of drug-likeness (QED) is 0.891. The normalized spacial score (nSPS) is 14.8. The Labute approximate surface area is 116 Å². The molecule has 3 heteroatoms. The monoisotopic (exact) mass is 268 g/mol. The first-order valence-corrected chi connectivity index (χ1v) is 7.62. The van der Waals surface area contributed by atoms with Gasteiger partial charge in [-0.15, -0.1) is 11.3 Å². The lowest BCUT2D eigenvalue weighted by Crippen LogP contribution is -2.42. The van der Waals surface area contributed by atoms with Gasteiger partial charge in [0.05, 0.1) is 10.7 Å². The Kier molecular flexibility index (Phi) is 4.96. The molecule has 1 unspecified atom stereocenters. The Hall–Kier alpha value is -0.410. The van der Waals surface area contributed by atoms with Crippen LogP contribution in [0.1, 0.15) is 52.2 Å². The molecule has 0 aliphatic rings. The SMILES string of the molecule is Cc1nc(CC(CNC(C)(C)C)C(C)(C)C)cs1. The van der Waals surface area contributed by atoms with Crippen LogP contribution in [0.4, 0.5) is 0 Å². The van der Waals surface area contributed by atoms with Gasteiger partial charge in [-0.25, -0.2) is 4.98 Å². The summed E-state index contributed by atoms with van der Waals surface area (Å²) in [5.41, 5.74) is 1.73. The Morgan fingerprint density at radius 2 is 1.83 bits per heavy atom. The van der Waals surface area contributed by atoms with E-state index in [4.69, 9.17) is 0 Å². The third kappa shape index (κ3) is 5.49. The molecule has 1 aromatic rings. The number of aromatic nitrogens is 1. The Balaban J connectivity index is 2.68. The van der Waals surface area contributed by atoms with Crippen LogP contribution in [0.25, 0.3) is 0 Å². The Morgan fingerprint density at radius 1 is 1.22 bits per heavy atom. The number of thiazole rings is 1. The number of nitrogens with one attached hydrogen (secondary N) is 1. The van der Waals surface area contributed by atoms with Crippen molar-refractivity contribution in [2.75, 3.05) is 6.54 Å². The van der Waals surface area contributed by atoms with Gasteiger partial charge < -0.3 is 5.32 Å². The van der Waals surface area contributed by atoms with Crippen molar-refractivity contribution in [3.63, 3.8) is 0 Å². The lowest BCUT2D eigenvalue weighted by atomic mass is 9.78. The van der Waals surface area contributed by atoms with Gasteiger partial charge in [-0.3, -0.25) is 0 Å². The van der Waals surface area contributed by atoms with E-state index < -0.39 is 0 Å². The standard InChI is InChI=1S/C15H28N2S/c1-11-17-13(10-18-11)8-12(14(2,3)4)9-16-15(5,6)7/h10,12,16H,8-9H2,1-7H3. The molecule has 0 fully saturated rings. The van der Waals surface area contributed by atoms with Gasteiger partial charge in [0, 0.05) is 10.9 Å². The third-order valence-corrected chi connectivity index (χ3v) is 4.05. The van der Waals surface area contributed by atoms with Crippen molar-refractivity contribution >= 4 is 11.3 Å². The van der Waals surface area contributed by atoms with Gasteiger partial charge in [-0.05, 0) is 52.0 Å². The fourth-order valence-corrected chi connectivity index (χ4v) is 2.49. The van der Waals surface area contributed by atoms with Gasteiger partial charge in [0.15, 0.2) is 0 Å². The van der Waals surface area contributed by atoms with Crippen LogP contribution in [0.5, 0.6) is 0 Å². The van der Waals surface area contributed by atoms with Gasteiger partial charge in [-0.1, -0.05) is 20.8 Å². The second-order valence-corrected chi connectivity index (χ2v) is 8.32. The predicted octanol–water partition coefficient (Wildman–Crippen LogP) is 4.04. The van der Waals surface area contributed by atoms with Crippen LogP contribution >= 0.6 is 11.3 Å². The number of nitrogens with zero attached hydrogens (tertiary/aromatic N) is 1. The zero-order valence-corrected chi connectivity index (χ0v) is 13.7. The van der Waals surface area contributed by atoms with Crippen molar-refractivity contribution in [1.82, 2.24) is 10.3 Å². The van der Waals surface area contributed by atoms with Crippen LogP contribution in [-0.4, -0.2) is 17.1 Å². The molecular formula is C15H28N2S. The summed E-state index contributed by atoms with van der Waals surface area (Å²) in [7, 11) is 0. The molecule has 0 bridgehead atoms. The highest BCUT2D eigenvalue weighted by Crippen LogP contribution is 2.29. The first kappa shape index (κ1) is 15.6. The van der Waals surface area contributed by atoms with E-state index >= 15 is 0 Å². The van der Waals surface area contributed by atoms with Crippen molar-refractivity contribution < 1.29 is 0 Å². The highest BCUT2D eigenvalue weighted by atomic mass is 32.1. The van der Waals surface area contributed by atoms with Crippen LogP contribution in [0.15, 0.2) is 5.38 Å². The third-order valence-electron chi connectivity index (χ3n) is 3.23. The zero-order chi connectivity index (χ0) is 14.0. The molecule has 0 spiro atoms. The van der Waals surface area contributed by atoms with E-state index in [2.05, 4.69) is 64.1 Å². The number of rotatable bonds is 4. The zero-order valence-electron chi connectivity index (χ0n) is 12.9. The van der Waals surface area contributed by atoms with Gasteiger partial charge >= 0.3 is 0 Å². The van der Waals surface area contributed by atoms with E-state index in [1.165, 1.54) is 10.7 Å². The van der Waals surface area contributed by atoms with Crippen molar-refractivity contribution in [1.29, 1.82) is 0 Å². The van der Waals surface area contributed by atoms with E-state index in [-0.39, 0.29) is 5.54 Å². The molecular weight excluding hydrogens is 240 g/mol. The molecule has 104 valence electrons. The number of hydrogen-bond acceptors (Lipinski definition) is 3. The first-order valence-electron chi connectivity index (χ1n) is 6.74. The molecule has 0 saturated carbocycles. The molecule has 0 aliphatic carbocycles. The molecule has 0 saturated heterocycles. The van der Waals surface area contributed by atoms with Gasteiger partial charge in [0.1, 0.15) is 0 Å². The minimum Gasteiger partial charge on any atom is -0.312 e. The summed E-state index contributed by atoms with van der Waals surface area (Å²) in [6.07, 6.45) is 1.07. The first-order chi connectivity index (χ1) is 8.08. The molecule has 0 aliphatic heterocycles. The van der Waals surface area contributed by atoms with Crippen molar-refractivity contribution in [3.05, 3.63) is 16.1 Å². The second kappa shape index (κ2) is 5.70. The molecule has 0 radical (unpaired) electrons. The average molecular weight is 268 g/mol. The topological polar surface area (TPSA) is 24.9 Å². The van der Waals surface area contributed by atoms with Crippen LogP contribution in [0.2, 0.25) is 0 Å². The highest BCUT2D eigenvalue weighted by Gasteiger charge is 2.26. The summed E-state index contributed by atoms with van der Waals surface area (Å²) < 4.78 is 0. The molecule has 1 rings (SSSR count). The van der Waals surface area contributed by atoms with Crippen LogP contribution in [-0.2, 0) is 6.42 Å². The van der Waals surface area contributed by atoms with Crippen molar-refractivity contribution in [2.45, 2.75) is 60.4 Å². The van der Waals surface area contributed by atoms with Crippen LogP contribution < -0.4 is 5.32 Å². The largest absolute Gasteiger partial charge is 0.312 e. The van der Waals surface area contributed by atoms with E-state index in [1.54, 1.807) is 11.3 Å². The van der Waals surface area contributed by atoms with Gasteiger partial charge in [0.25, 0.3) is 0 Å². The smallest absolute Gasteiger partial charge is 0.0897 e. The molecule has 2 nitrogen and oxygen atoms in total. The Bertz CT molecular complexity index is 369. The summed E-state index contributed by atoms with van der Waals surface area (Å²) in [6, 6.07) is 0. The number of hydrogen-bond donors (Lipinski definition) is 1. The lowest BCUT2D eigenvalue weighted by Gasteiger charge is -2.33. The summed E-state index contributed by atoms with van der Waals surface area (Å²) in [5.74, 6) is 0.609. The Morgan fingerprint density at radius 3 is 2.22 bits per heavy atom. The molecule has 1 aromatic heterocycles. The predicted molar refractivity (Wildman–Crippen MR) is 81.3 cm³/mol. The minimum absolute atomic E-state index is 0.182. The van der Waals surface area contributed by atoms with Gasteiger partial charge in [-0.2, -0.15) is 0 Å². The summed E-state index contributed by atoms with van der Waals surface area (Å²) in [5, 5.41) is 7.00. The lowest BCUT2D eigenvalue weighted by molar-refractivity contribution is 0.213. The molecule has 1 atom stereocenters. The fourth-order valence-electron chi connectivity index (χ4n) is 1.87. The molecule has 0 amide bonds. The summed E-state index contributed by atoms with van der Waals surface area (Å²) in [4.78, 5) is 4.60. The van der Waals surface area contributed by atoms with Crippen LogP contribution in [0, 0.1) is 18.3 Å². The molecule has 18 heavy (non-hydrogen) atoms. The maximum atomic E-state index is 4.60. The summed E-state index contributed by atoms with van der Waals surface area (Å²) >= 11 is 1.75. The summed E-state index contributed by atoms with van der Waals surface area (Å²) in [6.45, 7) is 16.8.